The van der Waals surface area contributed by atoms with Crippen LogP contribution in [-0.2, 0) is 0 Å². The summed E-state index contributed by atoms with van der Waals surface area (Å²) in [5, 5.41) is 18.8. The number of hydrogen-bond donors (Lipinski definition) is 1. The molecule has 3 rings (SSSR count). The maximum Gasteiger partial charge on any atom is 0.182 e. The molecule has 1 aromatic carbocycles. The van der Waals surface area contributed by atoms with Gasteiger partial charge in [0.1, 0.15) is 5.69 Å². The third kappa shape index (κ3) is 2.46. The topological polar surface area (TPSA) is 62.2 Å². The Kier molecular flexibility index (Phi) is 3.53. The number of imidazole rings is 1. The molecule has 0 saturated carbocycles. The molecule has 21 heavy (non-hydrogen) atoms. The van der Waals surface area contributed by atoms with Crippen LogP contribution in [0.3, 0.4) is 0 Å². The van der Waals surface area contributed by atoms with E-state index in [0.29, 0.717) is 32.9 Å². The first-order valence-corrected chi connectivity index (χ1v) is 6.86. The van der Waals surface area contributed by atoms with Gasteiger partial charge in [-0.3, -0.25) is 4.40 Å². The van der Waals surface area contributed by atoms with E-state index in [1.54, 1.807) is 47.9 Å². The van der Waals surface area contributed by atoms with Gasteiger partial charge in [-0.1, -0.05) is 29.3 Å². The molecule has 2 aromatic heterocycles. The third-order valence-corrected chi connectivity index (χ3v) is 3.76. The highest BCUT2D eigenvalue weighted by Crippen LogP contribution is 2.33. The van der Waals surface area contributed by atoms with E-state index in [2.05, 4.69) is 15.2 Å². The highest BCUT2D eigenvalue weighted by atomic mass is 35.5. The predicted molar refractivity (Wildman–Crippen MR) is 82.2 cm³/mol. The van der Waals surface area contributed by atoms with E-state index in [4.69, 9.17) is 23.2 Å². The molecule has 0 aliphatic carbocycles. The zero-order valence-electron chi connectivity index (χ0n) is 11.0. The van der Waals surface area contributed by atoms with Crippen molar-refractivity contribution in [3.8, 4) is 5.75 Å². The number of rotatable bonds is 2. The van der Waals surface area contributed by atoms with Crippen LogP contribution in [0, 0.1) is 6.92 Å². The van der Waals surface area contributed by atoms with Gasteiger partial charge in [0, 0.05) is 6.20 Å². The van der Waals surface area contributed by atoms with Crippen LogP contribution in [0.25, 0.3) is 5.65 Å². The summed E-state index contributed by atoms with van der Waals surface area (Å²) in [5.41, 5.74) is 1.55. The first kappa shape index (κ1) is 13.9. The van der Waals surface area contributed by atoms with Crippen molar-refractivity contribution in [3.05, 3.63) is 52.3 Å². The number of pyridine rings is 1. The Hall–Kier alpha value is -2.11. The Morgan fingerprint density at radius 1 is 1.14 bits per heavy atom. The lowest BCUT2D eigenvalue weighted by Crippen LogP contribution is -1.82. The molecule has 0 spiro atoms. The second kappa shape index (κ2) is 5.35. The number of fused-ring (bicyclic) bond motifs is 1. The number of benzene rings is 1. The zero-order valence-corrected chi connectivity index (χ0v) is 12.5. The summed E-state index contributed by atoms with van der Waals surface area (Å²) >= 11 is 12.0. The summed E-state index contributed by atoms with van der Waals surface area (Å²) < 4.78 is 1.66. The minimum absolute atomic E-state index is 0.0860. The van der Waals surface area contributed by atoms with Gasteiger partial charge >= 0.3 is 0 Å². The smallest absolute Gasteiger partial charge is 0.182 e. The summed E-state index contributed by atoms with van der Waals surface area (Å²) in [6.07, 6.45) is 1.75. The Labute approximate surface area is 130 Å². The predicted octanol–water partition coefficient (Wildman–Crippen LogP) is 5.07. The average Bonchev–Trinajstić information content (AvgIpc) is 2.78. The Morgan fingerprint density at radius 2 is 1.95 bits per heavy atom. The van der Waals surface area contributed by atoms with Gasteiger partial charge in [-0.15, -0.1) is 10.2 Å². The molecule has 106 valence electrons. The molecule has 0 saturated heterocycles. The van der Waals surface area contributed by atoms with Gasteiger partial charge in [-0.2, -0.15) is 0 Å². The standard InChI is InChI=1S/C14H10Cl2N4O/c1-8-13(20-7-3-6-11(21)14(20)17-8)19-18-10-5-2-4-9(15)12(10)16/h2-7,21H,1H3. The van der Waals surface area contributed by atoms with Crippen molar-refractivity contribution in [1.82, 2.24) is 9.38 Å². The van der Waals surface area contributed by atoms with Crippen LogP contribution in [0.5, 0.6) is 5.75 Å². The molecular formula is C14H10Cl2N4O. The van der Waals surface area contributed by atoms with Gasteiger partial charge in [-0.25, -0.2) is 4.98 Å². The van der Waals surface area contributed by atoms with Crippen LogP contribution in [0.4, 0.5) is 11.5 Å². The van der Waals surface area contributed by atoms with E-state index in [1.165, 1.54) is 0 Å². The molecule has 0 atom stereocenters. The summed E-state index contributed by atoms with van der Waals surface area (Å²) in [6.45, 7) is 1.79. The molecule has 0 fully saturated rings. The maximum absolute atomic E-state index is 9.78. The van der Waals surface area contributed by atoms with Crippen LogP contribution in [-0.4, -0.2) is 14.5 Å². The van der Waals surface area contributed by atoms with E-state index in [0.717, 1.165) is 0 Å². The molecular weight excluding hydrogens is 311 g/mol. The molecule has 1 N–H and O–H groups in total. The van der Waals surface area contributed by atoms with E-state index >= 15 is 0 Å². The summed E-state index contributed by atoms with van der Waals surface area (Å²) in [7, 11) is 0. The largest absolute Gasteiger partial charge is 0.504 e. The molecule has 5 nitrogen and oxygen atoms in total. The lowest BCUT2D eigenvalue weighted by molar-refractivity contribution is 0.477. The van der Waals surface area contributed by atoms with Gasteiger partial charge in [0.15, 0.2) is 17.2 Å². The normalized spacial score (nSPS) is 11.6. The second-order valence-electron chi connectivity index (χ2n) is 4.38. The van der Waals surface area contributed by atoms with Gasteiger partial charge in [0.2, 0.25) is 0 Å². The number of aryl methyl sites for hydroxylation is 1. The van der Waals surface area contributed by atoms with E-state index < -0.39 is 0 Å². The van der Waals surface area contributed by atoms with E-state index in [-0.39, 0.29) is 5.75 Å². The van der Waals surface area contributed by atoms with Crippen molar-refractivity contribution in [1.29, 1.82) is 0 Å². The zero-order chi connectivity index (χ0) is 15.0. The van der Waals surface area contributed by atoms with Crippen molar-refractivity contribution in [3.63, 3.8) is 0 Å². The fourth-order valence-corrected chi connectivity index (χ4v) is 2.28. The first-order valence-electron chi connectivity index (χ1n) is 6.10. The number of aromatic nitrogens is 2. The van der Waals surface area contributed by atoms with Crippen molar-refractivity contribution in [2.75, 3.05) is 0 Å². The molecule has 2 heterocycles. The fourth-order valence-electron chi connectivity index (χ4n) is 1.95. The highest BCUT2D eigenvalue weighted by molar-refractivity contribution is 6.43. The van der Waals surface area contributed by atoms with E-state index in [1.807, 2.05) is 0 Å². The minimum Gasteiger partial charge on any atom is -0.504 e. The second-order valence-corrected chi connectivity index (χ2v) is 5.17. The van der Waals surface area contributed by atoms with Crippen LogP contribution in [0.2, 0.25) is 10.0 Å². The van der Waals surface area contributed by atoms with Crippen LogP contribution < -0.4 is 0 Å². The Balaban J connectivity index is 2.10. The van der Waals surface area contributed by atoms with Crippen molar-refractivity contribution in [2.45, 2.75) is 6.92 Å². The van der Waals surface area contributed by atoms with Crippen LogP contribution in [0.1, 0.15) is 5.69 Å². The van der Waals surface area contributed by atoms with Crippen LogP contribution in [0.15, 0.2) is 46.8 Å². The van der Waals surface area contributed by atoms with Crippen molar-refractivity contribution < 1.29 is 5.11 Å². The van der Waals surface area contributed by atoms with Gasteiger partial charge < -0.3 is 5.11 Å². The van der Waals surface area contributed by atoms with E-state index in [9.17, 15) is 5.11 Å². The molecule has 0 aliphatic heterocycles. The van der Waals surface area contributed by atoms with Gasteiger partial charge in [0.05, 0.1) is 15.7 Å². The SMILES string of the molecule is Cc1nc2c(O)cccn2c1N=Nc1cccc(Cl)c1Cl. The Morgan fingerprint density at radius 3 is 2.76 bits per heavy atom. The maximum atomic E-state index is 9.78. The first-order chi connectivity index (χ1) is 10.1. The lowest BCUT2D eigenvalue weighted by Gasteiger charge is -1.99. The molecule has 0 unspecified atom stereocenters. The third-order valence-electron chi connectivity index (χ3n) is 2.96. The lowest BCUT2D eigenvalue weighted by atomic mass is 10.3. The molecule has 7 heteroatoms. The Bertz CT molecular complexity index is 858. The quantitative estimate of drug-likeness (QED) is 0.670. The summed E-state index contributed by atoms with van der Waals surface area (Å²) in [4.78, 5) is 4.27. The molecule has 0 bridgehead atoms. The van der Waals surface area contributed by atoms with Gasteiger partial charge in [0.25, 0.3) is 0 Å². The summed E-state index contributed by atoms with van der Waals surface area (Å²) in [5.74, 6) is 0.611. The number of azo groups is 1. The molecule has 0 aliphatic rings. The highest BCUT2D eigenvalue weighted by Gasteiger charge is 2.11. The number of nitrogens with zero attached hydrogens (tertiary/aromatic N) is 4. The van der Waals surface area contributed by atoms with Crippen molar-refractivity contribution >= 4 is 40.4 Å². The van der Waals surface area contributed by atoms with Gasteiger partial charge in [-0.05, 0) is 31.2 Å². The number of halogens is 2. The molecule has 0 amide bonds. The summed E-state index contributed by atoms with van der Waals surface area (Å²) in [6, 6.07) is 8.41. The minimum atomic E-state index is 0.0860. The average molecular weight is 321 g/mol. The number of hydrogen-bond acceptors (Lipinski definition) is 4. The number of aromatic hydroxyl groups is 1. The fraction of sp³-hybridized carbons (Fsp3) is 0.0714. The molecule has 3 aromatic rings. The molecule has 0 radical (unpaired) electrons. The van der Waals surface area contributed by atoms with Crippen molar-refractivity contribution in [2.24, 2.45) is 10.2 Å². The van der Waals surface area contributed by atoms with Crippen LogP contribution >= 0.6 is 23.2 Å². The monoisotopic (exact) mass is 320 g/mol.